The molecule has 0 amide bonds. The molecule has 132 valence electrons. The van der Waals surface area contributed by atoms with E-state index in [4.69, 9.17) is 4.74 Å². The van der Waals surface area contributed by atoms with Crippen LogP contribution < -0.4 is 10.6 Å². The van der Waals surface area contributed by atoms with Crippen LogP contribution in [-0.4, -0.2) is 28.3 Å². The van der Waals surface area contributed by atoms with Gasteiger partial charge in [-0.1, -0.05) is 37.3 Å². The lowest BCUT2D eigenvalue weighted by Crippen LogP contribution is -2.07. The van der Waals surface area contributed by atoms with Gasteiger partial charge in [-0.05, 0) is 30.2 Å². The van der Waals surface area contributed by atoms with Crippen molar-refractivity contribution in [1.82, 2.24) is 15.2 Å². The maximum Gasteiger partial charge on any atom is 0.339 e. The van der Waals surface area contributed by atoms with Gasteiger partial charge in [0.25, 0.3) is 0 Å². The minimum atomic E-state index is -0.426. The Labute approximate surface area is 151 Å². The highest BCUT2D eigenvalue weighted by molar-refractivity contribution is 5.96. The second-order valence-corrected chi connectivity index (χ2v) is 5.46. The Hall–Kier alpha value is -3.48. The van der Waals surface area contributed by atoms with Crippen LogP contribution in [-0.2, 0) is 11.2 Å². The number of ether oxygens (including phenoxy) is 1. The van der Waals surface area contributed by atoms with Gasteiger partial charge in [-0.3, -0.25) is 0 Å². The van der Waals surface area contributed by atoms with Gasteiger partial charge < -0.3 is 15.4 Å². The molecule has 0 atom stereocenters. The summed E-state index contributed by atoms with van der Waals surface area (Å²) in [6, 6.07) is 15.0. The number of esters is 1. The summed E-state index contributed by atoms with van der Waals surface area (Å²) in [5, 5.41) is 14.3. The first-order valence-corrected chi connectivity index (χ1v) is 8.20. The number of methoxy groups -OCH3 is 1. The van der Waals surface area contributed by atoms with Crippen LogP contribution in [0.5, 0.6) is 0 Å². The smallest absolute Gasteiger partial charge is 0.339 e. The highest BCUT2D eigenvalue weighted by atomic mass is 16.5. The Bertz CT molecular complexity index is 914. The largest absolute Gasteiger partial charge is 0.465 e. The number of anilines is 4. The Balaban J connectivity index is 1.84. The van der Waals surface area contributed by atoms with Crippen LogP contribution in [0.15, 0.2) is 54.7 Å². The van der Waals surface area contributed by atoms with Gasteiger partial charge in [0.1, 0.15) is 0 Å². The molecule has 0 spiro atoms. The number of carbonyl (C=O) groups is 1. The summed E-state index contributed by atoms with van der Waals surface area (Å²) < 4.78 is 4.80. The van der Waals surface area contributed by atoms with Gasteiger partial charge in [-0.15, -0.1) is 5.10 Å². The van der Waals surface area contributed by atoms with Crippen molar-refractivity contribution in [1.29, 1.82) is 0 Å². The van der Waals surface area contributed by atoms with E-state index >= 15 is 0 Å². The molecule has 7 nitrogen and oxygen atoms in total. The predicted molar refractivity (Wildman–Crippen MR) is 100.0 cm³/mol. The Morgan fingerprint density at radius 2 is 1.77 bits per heavy atom. The fourth-order valence-electron chi connectivity index (χ4n) is 2.51. The van der Waals surface area contributed by atoms with E-state index in [-0.39, 0.29) is 0 Å². The molecule has 0 unspecified atom stereocenters. The number of nitrogens with zero attached hydrogens (tertiary/aromatic N) is 3. The van der Waals surface area contributed by atoms with Crippen molar-refractivity contribution < 1.29 is 9.53 Å². The third-order valence-corrected chi connectivity index (χ3v) is 3.80. The molecule has 3 rings (SSSR count). The molecule has 0 bridgehead atoms. The first-order chi connectivity index (χ1) is 12.7. The molecular formula is C19H19N5O2. The molecule has 1 heterocycles. The summed E-state index contributed by atoms with van der Waals surface area (Å²) in [5.74, 6) is 0.407. The van der Waals surface area contributed by atoms with E-state index in [1.54, 1.807) is 18.2 Å². The molecule has 0 fully saturated rings. The van der Waals surface area contributed by atoms with Crippen LogP contribution in [0.25, 0.3) is 0 Å². The van der Waals surface area contributed by atoms with Crippen molar-refractivity contribution in [2.75, 3.05) is 17.7 Å². The topological polar surface area (TPSA) is 89.0 Å². The van der Waals surface area contributed by atoms with Crippen LogP contribution in [0.4, 0.5) is 23.1 Å². The molecule has 2 N–H and O–H groups in total. The first-order valence-electron chi connectivity index (χ1n) is 8.20. The van der Waals surface area contributed by atoms with Gasteiger partial charge in [0, 0.05) is 5.69 Å². The van der Waals surface area contributed by atoms with Crippen molar-refractivity contribution in [3.8, 4) is 0 Å². The summed E-state index contributed by atoms with van der Waals surface area (Å²) in [5.41, 5.74) is 3.09. The number of aromatic nitrogens is 3. The van der Waals surface area contributed by atoms with Crippen molar-refractivity contribution in [2.45, 2.75) is 13.3 Å². The van der Waals surface area contributed by atoms with Crippen molar-refractivity contribution in [2.24, 2.45) is 0 Å². The molecule has 3 aromatic rings. The number of rotatable bonds is 6. The lowest BCUT2D eigenvalue weighted by molar-refractivity contribution is 0.0602. The fraction of sp³-hybridized carbons (Fsp3) is 0.158. The van der Waals surface area contributed by atoms with E-state index < -0.39 is 5.97 Å². The van der Waals surface area contributed by atoms with Gasteiger partial charge in [0.2, 0.25) is 5.95 Å². The quantitative estimate of drug-likeness (QED) is 0.656. The monoisotopic (exact) mass is 349 g/mol. The van der Waals surface area contributed by atoms with Crippen molar-refractivity contribution in [3.63, 3.8) is 0 Å². The van der Waals surface area contributed by atoms with Gasteiger partial charge in [0.15, 0.2) is 5.82 Å². The van der Waals surface area contributed by atoms with Gasteiger partial charge >= 0.3 is 5.97 Å². The maximum atomic E-state index is 11.9. The molecule has 0 aliphatic carbocycles. The third-order valence-electron chi connectivity index (χ3n) is 3.80. The van der Waals surface area contributed by atoms with Gasteiger partial charge in [-0.2, -0.15) is 10.1 Å². The van der Waals surface area contributed by atoms with Gasteiger partial charge in [0.05, 0.1) is 24.6 Å². The summed E-state index contributed by atoms with van der Waals surface area (Å²) in [6.07, 6.45) is 2.38. The Kier molecular flexibility index (Phi) is 5.38. The Morgan fingerprint density at radius 1 is 1.04 bits per heavy atom. The molecule has 0 saturated carbocycles. The molecular weight excluding hydrogens is 330 g/mol. The zero-order valence-electron chi connectivity index (χ0n) is 14.6. The molecule has 0 aliphatic heterocycles. The molecule has 2 aromatic carbocycles. The molecule has 0 aliphatic rings. The number of carbonyl (C=O) groups excluding carboxylic acids is 1. The lowest BCUT2D eigenvalue weighted by atomic mass is 10.1. The molecule has 0 radical (unpaired) electrons. The molecule has 7 heteroatoms. The number of para-hydroxylation sites is 2. The highest BCUT2D eigenvalue weighted by Gasteiger charge is 2.12. The van der Waals surface area contributed by atoms with E-state index in [9.17, 15) is 4.79 Å². The summed E-state index contributed by atoms with van der Waals surface area (Å²) in [7, 11) is 1.35. The first kappa shape index (κ1) is 17.3. The number of hydrogen-bond acceptors (Lipinski definition) is 7. The van der Waals surface area contributed by atoms with Crippen molar-refractivity contribution in [3.05, 3.63) is 65.9 Å². The van der Waals surface area contributed by atoms with Crippen LogP contribution >= 0.6 is 0 Å². The molecule has 26 heavy (non-hydrogen) atoms. The lowest BCUT2D eigenvalue weighted by Gasteiger charge is -2.12. The van der Waals surface area contributed by atoms with Crippen LogP contribution in [0, 0.1) is 0 Å². The second-order valence-electron chi connectivity index (χ2n) is 5.46. The Morgan fingerprint density at radius 3 is 2.54 bits per heavy atom. The SMILES string of the molecule is CCc1ccccc1Nc1nncc(Nc2ccccc2C(=O)OC)n1. The number of nitrogens with one attached hydrogen (secondary N) is 2. The summed E-state index contributed by atoms with van der Waals surface area (Å²) in [6.45, 7) is 2.08. The third kappa shape index (κ3) is 3.94. The van der Waals surface area contributed by atoms with E-state index in [0.717, 1.165) is 17.7 Å². The minimum absolute atomic E-state index is 0.367. The summed E-state index contributed by atoms with van der Waals surface area (Å²) >= 11 is 0. The molecule has 0 saturated heterocycles. The number of benzene rings is 2. The maximum absolute atomic E-state index is 11.9. The number of aryl methyl sites for hydroxylation is 1. The highest BCUT2D eigenvalue weighted by Crippen LogP contribution is 2.22. The van der Waals surface area contributed by atoms with Crippen LogP contribution in [0.1, 0.15) is 22.8 Å². The van der Waals surface area contributed by atoms with Gasteiger partial charge in [-0.25, -0.2) is 4.79 Å². The second kappa shape index (κ2) is 8.06. The van der Waals surface area contributed by atoms with E-state index in [0.29, 0.717) is 23.0 Å². The van der Waals surface area contributed by atoms with E-state index in [2.05, 4.69) is 32.7 Å². The number of hydrogen-bond donors (Lipinski definition) is 2. The summed E-state index contributed by atoms with van der Waals surface area (Å²) in [4.78, 5) is 16.3. The normalized spacial score (nSPS) is 10.2. The predicted octanol–water partition coefficient (Wildman–Crippen LogP) is 3.71. The van der Waals surface area contributed by atoms with E-state index in [1.165, 1.54) is 13.3 Å². The zero-order valence-corrected chi connectivity index (χ0v) is 14.6. The minimum Gasteiger partial charge on any atom is -0.465 e. The average molecular weight is 349 g/mol. The molecule has 1 aromatic heterocycles. The standard InChI is InChI=1S/C19H19N5O2/c1-3-13-8-4-6-10-15(13)22-19-23-17(12-20-24-19)21-16-11-7-5-9-14(16)18(25)26-2/h4-12H,3H2,1-2H3,(H2,21,22,23,24). The van der Waals surface area contributed by atoms with Crippen LogP contribution in [0.3, 0.4) is 0 Å². The van der Waals surface area contributed by atoms with Crippen LogP contribution in [0.2, 0.25) is 0 Å². The van der Waals surface area contributed by atoms with Crippen molar-refractivity contribution >= 4 is 29.1 Å². The van der Waals surface area contributed by atoms with E-state index in [1.807, 2.05) is 30.3 Å². The average Bonchev–Trinajstić information content (AvgIpc) is 2.68. The zero-order chi connectivity index (χ0) is 18.4. The fourth-order valence-corrected chi connectivity index (χ4v) is 2.51.